The van der Waals surface area contributed by atoms with E-state index in [4.69, 9.17) is 10.5 Å². The Bertz CT molecular complexity index is 482. The van der Waals surface area contributed by atoms with Gasteiger partial charge in [-0.1, -0.05) is 32.9 Å². The first-order valence-electron chi connectivity index (χ1n) is 7.71. The Balaban J connectivity index is 2.02. The number of amides is 1. The van der Waals surface area contributed by atoms with Gasteiger partial charge in [0.05, 0.1) is 12.0 Å². The molecule has 1 heterocycles. The number of rotatable bonds is 5. The summed E-state index contributed by atoms with van der Waals surface area (Å²) in [5, 5.41) is 2.99. The predicted molar refractivity (Wildman–Crippen MR) is 85.3 cm³/mol. The van der Waals surface area contributed by atoms with Gasteiger partial charge in [-0.2, -0.15) is 0 Å². The van der Waals surface area contributed by atoms with E-state index in [0.29, 0.717) is 13.2 Å². The Morgan fingerprint density at radius 3 is 2.62 bits per heavy atom. The molecule has 1 fully saturated rings. The van der Waals surface area contributed by atoms with Gasteiger partial charge in [0.2, 0.25) is 5.91 Å². The fourth-order valence-corrected chi connectivity index (χ4v) is 2.71. The third-order valence-electron chi connectivity index (χ3n) is 4.39. The topological polar surface area (TPSA) is 64.3 Å². The van der Waals surface area contributed by atoms with Gasteiger partial charge >= 0.3 is 0 Å². The molecule has 0 radical (unpaired) electrons. The molecule has 2 rings (SSSR count). The van der Waals surface area contributed by atoms with Gasteiger partial charge in [-0.3, -0.25) is 4.79 Å². The summed E-state index contributed by atoms with van der Waals surface area (Å²) in [6, 6.07) is 7.96. The van der Waals surface area contributed by atoms with E-state index >= 15 is 0 Å². The smallest absolute Gasteiger partial charge is 0.230 e. The van der Waals surface area contributed by atoms with Crippen molar-refractivity contribution in [3.8, 4) is 0 Å². The van der Waals surface area contributed by atoms with Crippen molar-refractivity contribution in [1.82, 2.24) is 0 Å². The number of anilines is 1. The molecule has 0 aliphatic carbocycles. The van der Waals surface area contributed by atoms with Crippen LogP contribution in [0.2, 0.25) is 0 Å². The first-order valence-corrected chi connectivity index (χ1v) is 7.71. The summed E-state index contributed by atoms with van der Waals surface area (Å²) in [5.74, 6) is 0.0281. The van der Waals surface area contributed by atoms with Crippen molar-refractivity contribution in [1.29, 1.82) is 0 Å². The molecule has 116 valence electrons. The van der Waals surface area contributed by atoms with Gasteiger partial charge in [-0.05, 0) is 30.5 Å². The van der Waals surface area contributed by atoms with Gasteiger partial charge in [0.15, 0.2) is 0 Å². The fraction of sp³-hybridized carbons (Fsp3) is 0.588. The zero-order valence-electron chi connectivity index (χ0n) is 13.2. The molecule has 2 unspecified atom stereocenters. The highest BCUT2D eigenvalue weighted by Gasteiger charge is 2.32. The molecule has 0 aromatic heterocycles. The first kappa shape index (κ1) is 16.0. The highest BCUT2D eigenvalue weighted by Crippen LogP contribution is 2.26. The van der Waals surface area contributed by atoms with E-state index in [1.807, 2.05) is 24.3 Å². The van der Waals surface area contributed by atoms with Gasteiger partial charge in [0, 0.05) is 24.3 Å². The summed E-state index contributed by atoms with van der Waals surface area (Å²) in [6.45, 7) is 7.56. The Morgan fingerprint density at radius 1 is 1.38 bits per heavy atom. The van der Waals surface area contributed by atoms with Crippen LogP contribution in [0.5, 0.6) is 0 Å². The molecule has 0 bridgehead atoms. The molecule has 21 heavy (non-hydrogen) atoms. The molecule has 1 amide bonds. The van der Waals surface area contributed by atoms with Gasteiger partial charge in [0.1, 0.15) is 0 Å². The highest BCUT2D eigenvalue weighted by molar-refractivity contribution is 5.93. The normalized spacial score (nSPS) is 22.3. The number of nitrogens with one attached hydrogen (secondary N) is 1. The number of benzene rings is 1. The van der Waals surface area contributed by atoms with Crippen molar-refractivity contribution in [2.24, 2.45) is 11.7 Å². The van der Waals surface area contributed by atoms with Gasteiger partial charge in [-0.25, -0.2) is 0 Å². The van der Waals surface area contributed by atoms with Gasteiger partial charge in [0.25, 0.3) is 0 Å². The van der Waals surface area contributed by atoms with Crippen LogP contribution in [-0.4, -0.2) is 25.2 Å². The second-order valence-corrected chi connectivity index (χ2v) is 6.37. The van der Waals surface area contributed by atoms with Crippen LogP contribution in [0.3, 0.4) is 0 Å². The number of ether oxygens (including phenoxy) is 1. The molecule has 3 N–H and O–H groups in total. The van der Waals surface area contributed by atoms with Crippen LogP contribution in [0.4, 0.5) is 5.69 Å². The minimum atomic E-state index is -0.0465. The Morgan fingerprint density at radius 2 is 2.05 bits per heavy atom. The number of carbonyl (C=O) groups excluding carboxylic acids is 1. The summed E-state index contributed by atoms with van der Waals surface area (Å²) < 4.78 is 5.58. The van der Waals surface area contributed by atoms with Gasteiger partial charge in [-0.15, -0.1) is 0 Å². The zero-order chi connectivity index (χ0) is 15.5. The van der Waals surface area contributed by atoms with Crippen LogP contribution in [0, 0.1) is 5.92 Å². The lowest BCUT2D eigenvalue weighted by atomic mass is 9.85. The van der Waals surface area contributed by atoms with E-state index in [1.54, 1.807) is 0 Å². The molecule has 4 nitrogen and oxygen atoms in total. The van der Waals surface area contributed by atoms with Crippen molar-refractivity contribution < 1.29 is 9.53 Å². The number of hydrogen-bond acceptors (Lipinski definition) is 3. The number of hydrogen-bond donors (Lipinski definition) is 2. The minimum absolute atomic E-state index is 0.0323. The van der Waals surface area contributed by atoms with Crippen LogP contribution in [0.25, 0.3) is 0 Å². The molecule has 0 spiro atoms. The van der Waals surface area contributed by atoms with Crippen molar-refractivity contribution >= 4 is 11.6 Å². The number of nitrogens with two attached hydrogens (primary N) is 1. The largest absolute Gasteiger partial charge is 0.377 e. The van der Waals surface area contributed by atoms with Crippen LogP contribution in [0.15, 0.2) is 24.3 Å². The molecule has 1 aromatic carbocycles. The molecule has 1 saturated heterocycles. The number of carbonyl (C=O) groups is 1. The second-order valence-electron chi connectivity index (χ2n) is 6.37. The van der Waals surface area contributed by atoms with Crippen LogP contribution >= 0.6 is 0 Å². The lowest BCUT2D eigenvalue weighted by molar-refractivity contribution is -0.121. The maximum absolute atomic E-state index is 12.3. The molecule has 0 saturated carbocycles. The average molecular weight is 290 g/mol. The predicted octanol–water partition coefficient (Wildman–Crippen LogP) is 2.68. The summed E-state index contributed by atoms with van der Waals surface area (Å²) in [7, 11) is 0. The second kappa shape index (κ2) is 6.58. The lowest BCUT2D eigenvalue weighted by Gasteiger charge is -2.23. The monoisotopic (exact) mass is 290 g/mol. The Labute approximate surface area is 127 Å². The van der Waals surface area contributed by atoms with Gasteiger partial charge < -0.3 is 15.8 Å². The molecular weight excluding hydrogens is 264 g/mol. The quantitative estimate of drug-likeness (QED) is 0.876. The van der Waals surface area contributed by atoms with E-state index in [2.05, 4.69) is 26.1 Å². The van der Waals surface area contributed by atoms with Crippen LogP contribution < -0.4 is 11.1 Å². The maximum atomic E-state index is 12.3. The first-order chi connectivity index (χ1) is 9.97. The molecule has 1 aromatic rings. The summed E-state index contributed by atoms with van der Waals surface area (Å²) in [4.78, 5) is 12.3. The molecule has 2 atom stereocenters. The molecule has 4 heteroatoms. The van der Waals surface area contributed by atoms with Crippen molar-refractivity contribution in [3.05, 3.63) is 29.8 Å². The fourth-order valence-electron chi connectivity index (χ4n) is 2.71. The molecule has 1 aliphatic heterocycles. The van der Waals surface area contributed by atoms with Crippen molar-refractivity contribution in [2.45, 2.75) is 45.1 Å². The van der Waals surface area contributed by atoms with E-state index in [1.165, 1.54) is 5.56 Å². The minimum Gasteiger partial charge on any atom is -0.377 e. The standard InChI is InChI=1S/C17H26N2O2/c1-4-15-14(9-10-21-15)16(20)19-13-7-5-12(6-8-13)17(2,3)11-18/h5-8,14-15H,4,9-11,18H2,1-3H3,(H,19,20). The summed E-state index contributed by atoms with van der Waals surface area (Å²) >= 11 is 0. The van der Waals surface area contributed by atoms with Crippen molar-refractivity contribution in [3.63, 3.8) is 0 Å². The maximum Gasteiger partial charge on any atom is 0.230 e. The molecule has 1 aliphatic rings. The lowest BCUT2D eigenvalue weighted by Crippen LogP contribution is -2.29. The zero-order valence-corrected chi connectivity index (χ0v) is 13.2. The van der Waals surface area contributed by atoms with E-state index in [-0.39, 0.29) is 23.3 Å². The Kier molecular flexibility index (Phi) is 5.01. The summed E-state index contributed by atoms with van der Waals surface area (Å²) in [6.07, 6.45) is 1.74. The summed E-state index contributed by atoms with van der Waals surface area (Å²) in [5.41, 5.74) is 7.75. The van der Waals surface area contributed by atoms with E-state index < -0.39 is 0 Å². The van der Waals surface area contributed by atoms with E-state index in [9.17, 15) is 4.79 Å². The SMILES string of the molecule is CCC1OCCC1C(=O)Nc1ccc(C(C)(C)CN)cc1. The van der Waals surface area contributed by atoms with Crippen molar-refractivity contribution in [2.75, 3.05) is 18.5 Å². The van der Waals surface area contributed by atoms with Crippen LogP contribution in [-0.2, 0) is 14.9 Å². The Hall–Kier alpha value is -1.39. The van der Waals surface area contributed by atoms with Crippen LogP contribution in [0.1, 0.15) is 39.2 Å². The average Bonchev–Trinajstić information content (AvgIpc) is 2.96. The molecular formula is C17H26N2O2. The van der Waals surface area contributed by atoms with E-state index in [0.717, 1.165) is 18.5 Å². The highest BCUT2D eigenvalue weighted by atomic mass is 16.5. The third kappa shape index (κ3) is 3.63. The third-order valence-corrected chi connectivity index (χ3v) is 4.39.